The van der Waals surface area contributed by atoms with Crippen LogP contribution in [0.15, 0.2) is 46.1 Å². The summed E-state index contributed by atoms with van der Waals surface area (Å²) in [5.41, 5.74) is -5.39. The van der Waals surface area contributed by atoms with Crippen molar-refractivity contribution in [3.63, 3.8) is 0 Å². The zero-order valence-corrected chi connectivity index (χ0v) is 15.9. The van der Waals surface area contributed by atoms with Gasteiger partial charge in [-0.3, -0.25) is 19.1 Å². The van der Waals surface area contributed by atoms with Crippen molar-refractivity contribution < 1.29 is 38.6 Å². The van der Waals surface area contributed by atoms with Gasteiger partial charge in [-0.15, -0.1) is 0 Å². The van der Waals surface area contributed by atoms with Gasteiger partial charge in [0.05, 0.1) is 19.9 Å². The molecular formula is C18H19FN2O9. The summed E-state index contributed by atoms with van der Waals surface area (Å²) in [6.07, 6.45) is -2.99. The first kappa shape index (κ1) is 22.0. The number of carbonyl (C=O) groups excluding carboxylic acids is 1. The lowest BCUT2D eigenvalue weighted by molar-refractivity contribution is -0.455. The number of aromatic amines is 1. The van der Waals surface area contributed by atoms with Crippen LogP contribution in [-0.2, 0) is 25.0 Å². The average Bonchev–Trinajstić information content (AvgIpc) is 3.00. The Morgan fingerprint density at radius 2 is 1.97 bits per heavy atom. The van der Waals surface area contributed by atoms with Crippen LogP contribution in [0.4, 0.5) is 4.39 Å². The van der Waals surface area contributed by atoms with Crippen LogP contribution in [0.25, 0.3) is 0 Å². The van der Waals surface area contributed by atoms with E-state index >= 15 is 0 Å². The number of nitrogens with one attached hydrogen (secondary N) is 1. The number of aliphatic hydroxyl groups excluding tert-OH is 2. The lowest BCUT2D eigenvalue weighted by Crippen LogP contribution is -2.66. The van der Waals surface area contributed by atoms with E-state index in [1.54, 1.807) is 11.1 Å². The predicted molar refractivity (Wildman–Crippen MR) is 95.8 cm³/mol. The first-order valence-corrected chi connectivity index (χ1v) is 8.64. The maximum atomic E-state index is 14.2. The number of ether oxygens (including phenoxy) is 2. The van der Waals surface area contributed by atoms with Crippen LogP contribution in [0.1, 0.15) is 10.4 Å². The van der Waals surface area contributed by atoms with Gasteiger partial charge < -0.3 is 19.7 Å². The van der Waals surface area contributed by atoms with Crippen LogP contribution < -0.4 is 11.2 Å². The molecule has 30 heavy (non-hydrogen) atoms. The fraction of sp³-hybridized carbons (Fsp3) is 0.389. The smallest absolute Gasteiger partial charge is 0.331 e. The van der Waals surface area contributed by atoms with E-state index in [0.717, 1.165) is 14.2 Å². The van der Waals surface area contributed by atoms with Gasteiger partial charge in [-0.05, 0) is 0 Å². The fourth-order valence-corrected chi connectivity index (χ4v) is 3.48. The van der Waals surface area contributed by atoms with Gasteiger partial charge in [0.1, 0.15) is 12.2 Å². The van der Waals surface area contributed by atoms with Crippen molar-refractivity contribution in [3.05, 3.63) is 68.7 Å². The van der Waals surface area contributed by atoms with Crippen LogP contribution in [0.2, 0.25) is 0 Å². The van der Waals surface area contributed by atoms with E-state index < -0.39 is 53.2 Å². The predicted octanol–water partition coefficient (Wildman–Crippen LogP) is -1.12. The third-order valence-electron chi connectivity index (χ3n) is 4.81. The van der Waals surface area contributed by atoms with E-state index in [4.69, 9.17) is 14.4 Å². The Bertz CT molecular complexity index is 1040. The third-order valence-corrected chi connectivity index (χ3v) is 4.81. The summed E-state index contributed by atoms with van der Waals surface area (Å²) in [7, 11) is 2.05. The van der Waals surface area contributed by atoms with Crippen LogP contribution in [0, 0.1) is 5.82 Å². The molecule has 11 nitrogen and oxygen atoms in total. The molecule has 0 radical (unpaired) electrons. The largest absolute Gasteiger partial charge is 0.394 e. The number of methoxy groups -OCH3 is 1. The number of aliphatic hydroxyl groups is 2. The molecule has 4 atom stereocenters. The molecule has 0 saturated carbocycles. The summed E-state index contributed by atoms with van der Waals surface area (Å²) in [6, 6.07) is 7.37. The molecule has 1 saturated heterocycles. The first-order valence-electron chi connectivity index (χ1n) is 8.64. The van der Waals surface area contributed by atoms with E-state index in [0.29, 0.717) is 10.8 Å². The van der Waals surface area contributed by atoms with Crippen molar-refractivity contribution in [2.75, 3.05) is 20.8 Å². The molecule has 2 aromatic rings. The molecule has 162 valence electrons. The van der Waals surface area contributed by atoms with Crippen molar-refractivity contribution >= 4 is 5.78 Å². The van der Waals surface area contributed by atoms with Gasteiger partial charge in [-0.25, -0.2) is 9.68 Å². The number of halogens is 1. The lowest BCUT2D eigenvalue weighted by atomic mass is 9.89. The molecule has 3 N–H and O–H groups in total. The Labute approximate surface area is 168 Å². The van der Waals surface area contributed by atoms with E-state index in [1.165, 1.54) is 24.3 Å². The molecule has 0 aliphatic carbocycles. The highest BCUT2D eigenvalue weighted by molar-refractivity contribution is 6.02. The van der Waals surface area contributed by atoms with E-state index in [-0.39, 0.29) is 5.56 Å². The summed E-state index contributed by atoms with van der Waals surface area (Å²) >= 11 is 0. The second-order valence-electron chi connectivity index (χ2n) is 6.35. The molecule has 1 aliphatic rings. The Balaban J connectivity index is 2.43. The summed E-state index contributed by atoms with van der Waals surface area (Å²) < 4.78 is 25.5. The van der Waals surface area contributed by atoms with E-state index in [2.05, 4.69) is 4.89 Å². The normalized spacial score (nSPS) is 28.6. The molecule has 0 bridgehead atoms. The molecule has 2 heterocycles. The number of Topliss-reactive ketones (excluding diaryl/α,β-unsaturated/α-hetero) is 1. The molecule has 12 heteroatoms. The molecular weight excluding hydrogens is 407 g/mol. The number of benzene rings is 1. The van der Waals surface area contributed by atoms with Gasteiger partial charge in [0.2, 0.25) is 11.6 Å². The first-order chi connectivity index (χ1) is 14.3. The molecule has 1 aromatic carbocycles. The minimum Gasteiger partial charge on any atom is -0.394 e. The number of hydrogen-bond donors (Lipinski definition) is 3. The topological polar surface area (TPSA) is 149 Å². The Morgan fingerprint density at radius 3 is 2.53 bits per heavy atom. The van der Waals surface area contributed by atoms with Crippen molar-refractivity contribution in [3.8, 4) is 0 Å². The molecule has 0 unspecified atom stereocenters. The minimum atomic E-state index is -2.74. The zero-order chi connectivity index (χ0) is 22.1. The quantitative estimate of drug-likeness (QED) is 0.217. The fourth-order valence-electron chi connectivity index (χ4n) is 3.48. The van der Waals surface area contributed by atoms with Crippen molar-refractivity contribution in [2.45, 2.75) is 23.7 Å². The van der Waals surface area contributed by atoms with Gasteiger partial charge in [-0.1, -0.05) is 30.3 Å². The standard InChI is InChI=1S/C18H19FN2O9/c1-27-18(30-28-2)14(24)12(9-22)29-17(18,13(23)10-6-4-3-5-7-10)21-8-11(19)15(25)20-16(21)26/h3-8,12,14,22,24H,9H2,1-2H3,(H,20,25,26)/t12-,14-,17-,18-/m1/s1. The van der Waals surface area contributed by atoms with Gasteiger partial charge in [-0.2, -0.15) is 9.28 Å². The highest BCUT2D eigenvalue weighted by Crippen LogP contribution is 2.48. The molecule has 1 aromatic heterocycles. The summed E-state index contributed by atoms with van der Waals surface area (Å²) in [4.78, 5) is 49.3. The summed E-state index contributed by atoms with van der Waals surface area (Å²) in [6.45, 7) is -0.830. The molecule has 3 rings (SSSR count). The van der Waals surface area contributed by atoms with Crippen molar-refractivity contribution in [2.24, 2.45) is 0 Å². The number of ketones is 1. The molecule has 0 spiro atoms. The van der Waals surface area contributed by atoms with Crippen molar-refractivity contribution in [1.82, 2.24) is 9.55 Å². The highest BCUT2D eigenvalue weighted by Gasteiger charge is 2.74. The van der Waals surface area contributed by atoms with E-state index in [1.807, 2.05) is 0 Å². The third kappa shape index (κ3) is 3.01. The minimum absolute atomic E-state index is 0.0390. The van der Waals surface area contributed by atoms with Crippen LogP contribution in [0.3, 0.4) is 0 Å². The molecule has 1 fully saturated rings. The monoisotopic (exact) mass is 426 g/mol. The number of nitrogens with zero attached hydrogens (tertiary/aromatic N) is 1. The Morgan fingerprint density at radius 1 is 1.30 bits per heavy atom. The number of aromatic nitrogens is 2. The van der Waals surface area contributed by atoms with Gasteiger partial charge in [0, 0.05) is 12.7 Å². The van der Waals surface area contributed by atoms with Crippen molar-refractivity contribution in [1.29, 1.82) is 0 Å². The van der Waals surface area contributed by atoms with Crippen LogP contribution >= 0.6 is 0 Å². The maximum Gasteiger partial charge on any atom is 0.331 e. The SMILES string of the molecule is COO[C@]1(OC)[C@H](O)[C@@H](CO)O[C@@]1(C(=O)c1ccccc1)n1cc(F)c(=O)[nH]c1=O. The van der Waals surface area contributed by atoms with Crippen LogP contribution in [0.5, 0.6) is 0 Å². The second-order valence-corrected chi connectivity index (χ2v) is 6.35. The van der Waals surface area contributed by atoms with Gasteiger partial charge in [0.15, 0.2) is 0 Å². The van der Waals surface area contributed by atoms with Gasteiger partial charge >= 0.3 is 5.69 Å². The van der Waals surface area contributed by atoms with Crippen LogP contribution in [-0.4, -0.2) is 64.4 Å². The van der Waals surface area contributed by atoms with Gasteiger partial charge in [0.25, 0.3) is 17.1 Å². The number of carbonyl (C=O) groups is 1. The molecule has 1 aliphatic heterocycles. The highest BCUT2D eigenvalue weighted by atomic mass is 19.1. The zero-order valence-electron chi connectivity index (χ0n) is 15.9. The Kier molecular flexibility index (Phi) is 5.99. The maximum absolute atomic E-state index is 14.2. The average molecular weight is 426 g/mol. The van der Waals surface area contributed by atoms with E-state index in [9.17, 15) is 29.0 Å². The number of H-pyrrole nitrogens is 1. The number of hydrogen-bond acceptors (Lipinski definition) is 9. The number of rotatable bonds is 7. The molecule has 0 amide bonds. The second kappa shape index (κ2) is 8.18. The summed E-state index contributed by atoms with van der Waals surface area (Å²) in [5.74, 6) is -5.02. The Hall–Kier alpha value is -2.74. The lowest BCUT2D eigenvalue weighted by Gasteiger charge is -2.41. The summed E-state index contributed by atoms with van der Waals surface area (Å²) in [5, 5.41) is 20.5.